The molecular formula is C15H19N5. The number of aromatic nitrogens is 2. The average molecular weight is 269 g/mol. The zero-order chi connectivity index (χ0) is 13.9. The number of hydrogen-bond acceptors (Lipinski definition) is 5. The Labute approximate surface area is 118 Å². The topological polar surface area (TPSA) is 67.1 Å². The van der Waals surface area contributed by atoms with Crippen molar-refractivity contribution in [2.24, 2.45) is 5.73 Å². The Bertz CT molecular complexity index is 598. The number of anilines is 3. The lowest BCUT2D eigenvalue weighted by molar-refractivity contribution is 0.751. The van der Waals surface area contributed by atoms with Crippen molar-refractivity contribution >= 4 is 17.3 Å². The molecule has 1 aliphatic rings. The Morgan fingerprint density at radius 3 is 2.90 bits per heavy atom. The van der Waals surface area contributed by atoms with Crippen LogP contribution in [0.1, 0.15) is 12.0 Å². The van der Waals surface area contributed by atoms with Gasteiger partial charge in [0.1, 0.15) is 18.0 Å². The summed E-state index contributed by atoms with van der Waals surface area (Å²) in [6.45, 7) is 3.90. The van der Waals surface area contributed by atoms with Gasteiger partial charge in [-0.2, -0.15) is 0 Å². The molecule has 0 aliphatic carbocycles. The van der Waals surface area contributed by atoms with Gasteiger partial charge in [-0.05, 0) is 25.0 Å². The van der Waals surface area contributed by atoms with Crippen molar-refractivity contribution in [2.45, 2.75) is 19.4 Å². The van der Waals surface area contributed by atoms with Gasteiger partial charge in [0.2, 0.25) is 0 Å². The van der Waals surface area contributed by atoms with E-state index in [1.54, 1.807) is 6.33 Å². The molecule has 5 heteroatoms. The fourth-order valence-electron chi connectivity index (χ4n) is 2.43. The highest BCUT2D eigenvalue weighted by atomic mass is 15.2. The maximum atomic E-state index is 5.94. The van der Waals surface area contributed by atoms with Crippen molar-refractivity contribution in [3.63, 3.8) is 0 Å². The summed E-state index contributed by atoms with van der Waals surface area (Å²) >= 11 is 0. The number of aryl methyl sites for hydroxylation is 1. The first-order valence-electron chi connectivity index (χ1n) is 6.87. The first kappa shape index (κ1) is 12.9. The van der Waals surface area contributed by atoms with Crippen molar-refractivity contribution in [3.8, 4) is 0 Å². The van der Waals surface area contributed by atoms with Crippen molar-refractivity contribution in [2.75, 3.05) is 23.3 Å². The second-order valence-electron chi connectivity index (χ2n) is 5.20. The SMILES string of the molecule is Cc1ccccc1Nc1cc(N2CCC(N)C2)ncn1. The molecule has 0 amide bonds. The lowest BCUT2D eigenvalue weighted by Crippen LogP contribution is -2.26. The molecule has 3 rings (SSSR count). The van der Waals surface area contributed by atoms with Gasteiger partial charge in [-0.15, -0.1) is 0 Å². The summed E-state index contributed by atoms with van der Waals surface area (Å²) < 4.78 is 0. The third-order valence-electron chi connectivity index (χ3n) is 3.61. The molecule has 104 valence electrons. The second kappa shape index (κ2) is 5.46. The highest BCUT2D eigenvalue weighted by molar-refractivity contribution is 5.62. The number of rotatable bonds is 3. The van der Waals surface area contributed by atoms with Crippen molar-refractivity contribution in [1.82, 2.24) is 9.97 Å². The van der Waals surface area contributed by atoms with Gasteiger partial charge >= 0.3 is 0 Å². The lowest BCUT2D eigenvalue weighted by Gasteiger charge is -2.17. The Morgan fingerprint density at radius 2 is 2.15 bits per heavy atom. The van der Waals surface area contributed by atoms with Gasteiger partial charge in [0.15, 0.2) is 0 Å². The molecule has 5 nitrogen and oxygen atoms in total. The van der Waals surface area contributed by atoms with Crippen LogP contribution in [0.3, 0.4) is 0 Å². The molecule has 3 N–H and O–H groups in total. The van der Waals surface area contributed by atoms with Crippen LogP contribution in [0.25, 0.3) is 0 Å². The van der Waals surface area contributed by atoms with Gasteiger partial charge < -0.3 is 16.0 Å². The van der Waals surface area contributed by atoms with Crippen LogP contribution in [0.15, 0.2) is 36.7 Å². The van der Waals surface area contributed by atoms with Crippen LogP contribution in [-0.4, -0.2) is 29.1 Å². The van der Waals surface area contributed by atoms with Crippen molar-refractivity contribution < 1.29 is 0 Å². The zero-order valence-electron chi connectivity index (χ0n) is 11.6. The Kier molecular flexibility index (Phi) is 3.52. The molecule has 0 bridgehead atoms. The fraction of sp³-hybridized carbons (Fsp3) is 0.333. The van der Waals surface area contributed by atoms with Crippen LogP contribution >= 0.6 is 0 Å². The number of para-hydroxylation sites is 1. The van der Waals surface area contributed by atoms with Gasteiger partial charge in [0.05, 0.1) is 0 Å². The first-order chi connectivity index (χ1) is 9.72. The van der Waals surface area contributed by atoms with E-state index in [0.29, 0.717) is 0 Å². The van der Waals surface area contributed by atoms with Crippen LogP contribution in [0.5, 0.6) is 0 Å². The minimum absolute atomic E-state index is 0.248. The Hall–Kier alpha value is -2.14. The molecule has 1 fully saturated rings. The maximum absolute atomic E-state index is 5.94. The number of hydrogen-bond donors (Lipinski definition) is 2. The third kappa shape index (κ3) is 2.72. The first-order valence-corrected chi connectivity index (χ1v) is 6.87. The predicted molar refractivity (Wildman–Crippen MR) is 81.3 cm³/mol. The fourth-order valence-corrected chi connectivity index (χ4v) is 2.43. The van der Waals surface area contributed by atoms with E-state index in [1.165, 1.54) is 5.56 Å². The van der Waals surface area contributed by atoms with E-state index in [4.69, 9.17) is 5.73 Å². The number of nitrogens with zero attached hydrogens (tertiary/aromatic N) is 3. The average Bonchev–Trinajstić information content (AvgIpc) is 2.89. The largest absolute Gasteiger partial charge is 0.355 e. The molecule has 20 heavy (non-hydrogen) atoms. The van der Waals surface area contributed by atoms with Crippen LogP contribution < -0.4 is 16.0 Å². The van der Waals surface area contributed by atoms with Crippen molar-refractivity contribution in [3.05, 3.63) is 42.2 Å². The summed E-state index contributed by atoms with van der Waals surface area (Å²) in [5.41, 5.74) is 8.20. The lowest BCUT2D eigenvalue weighted by atomic mass is 10.2. The summed E-state index contributed by atoms with van der Waals surface area (Å²) in [5.74, 6) is 1.74. The normalized spacial score (nSPS) is 18.3. The highest BCUT2D eigenvalue weighted by Gasteiger charge is 2.20. The number of nitrogens with one attached hydrogen (secondary N) is 1. The molecule has 2 aromatic rings. The molecule has 0 spiro atoms. The van der Waals surface area contributed by atoms with E-state index in [-0.39, 0.29) is 6.04 Å². The quantitative estimate of drug-likeness (QED) is 0.893. The Morgan fingerprint density at radius 1 is 1.30 bits per heavy atom. The summed E-state index contributed by atoms with van der Waals surface area (Å²) in [7, 11) is 0. The minimum atomic E-state index is 0.248. The van der Waals surface area contributed by atoms with Crippen molar-refractivity contribution in [1.29, 1.82) is 0 Å². The van der Waals surface area contributed by atoms with Gasteiger partial charge in [0.25, 0.3) is 0 Å². The van der Waals surface area contributed by atoms with E-state index in [0.717, 1.165) is 36.8 Å². The van der Waals surface area contributed by atoms with Crippen LogP contribution in [-0.2, 0) is 0 Å². The number of nitrogens with two attached hydrogens (primary N) is 1. The van der Waals surface area contributed by atoms with E-state index in [2.05, 4.69) is 33.2 Å². The predicted octanol–water partition coefficient (Wildman–Crippen LogP) is 2.07. The van der Waals surface area contributed by atoms with Crippen LogP contribution in [0.2, 0.25) is 0 Å². The van der Waals surface area contributed by atoms with Crippen LogP contribution in [0.4, 0.5) is 17.3 Å². The smallest absolute Gasteiger partial charge is 0.135 e. The monoisotopic (exact) mass is 269 g/mol. The van der Waals surface area contributed by atoms with Gasteiger partial charge in [-0.25, -0.2) is 9.97 Å². The minimum Gasteiger partial charge on any atom is -0.355 e. The van der Waals surface area contributed by atoms with Gasteiger partial charge in [-0.3, -0.25) is 0 Å². The Balaban J connectivity index is 1.79. The van der Waals surface area contributed by atoms with Gasteiger partial charge in [0, 0.05) is 30.9 Å². The molecule has 1 aliphatic heterocycles. The summed E-state index contributed by atoms with van der Waals surface area (Å²) in [6, 6.07) is 10.4. The molecule has 1 unspecified atom stereocenters. The summed E-state index contributed by atoms with van der Waals surface area (Å²) in [6.07, 6.45) is 2.62. The number of benzene rings is 1. The molecule has 0 saturated carbocycles. The molecule has 1 atom stereocenters. The van der Waals surface area contributed by atoms with E-state index in [1.807, 2.05) is 24.3 Å². The maximum Gasteiger partial charge on any atom is 0.135 e. The molecule has 1 saturated heterocycles. The summed E-state index contributed by atoms with van der Waals surface area (Å²) in [4.78, 5) is 10.8. The molecule has 1 aromatic heterocycles. The zero-order valence-corrected chi connectivity index (χ0v) is 11.6. The van der Waals surface area contributed by atoms with Crippen LogP contribution in [0, 0.1) is 6.92 Å². The standard InChI is InChI=1S/C15H19N5/c1-11-4-2-3-5-13(11)19-14-8-15(18-10-17-14)20-7-6-12(16)9-20/h2-5,8,10,12H,6-7,9,16H2,1H3,(H,17,18,19). The van der Waals surface area contributed by atoms with E-state index in [9.17, 15) is 0 Å². The van der Waals surface area contributed by atoms with E-state index >= 15 is 0 Å². The third-order valence-corrected chi connectivity index (χ3v) is 3.61. The molecule has 0 radical (unpaired) electrons. The second-order valence-corrected chi connectivity index (χ2v) is 5.20. The molecular weight excluding hydrogens is 250 g/mol. The summed E-state index contributed by atoms with van der Waals surface area (Å²) in [5, 5.41) is 3.34. The van der Waals surface area contributed by atoms with E-state index < -0.39 is 0 Å². The van der Waals surface area contributed by atoms with Gasteiger partial charge in [-0.1, -0.05) is 18.2 Å². The highest BCUT2D eigenvalue weighted by Crippen LogP contribution is 2.22. The molecule has 2 heterocycles. The molecule has 1 aromatic carbocycles.